The van der Waals surface area contributed by atoms with E-state index in [1.165, 1.54) is 6.07 Å². The second-order valence-electron chi connectivity index (χ2n) is 4.08. The van der Waals surface area contributed by atoms with Crippen LogP contribution in [-0.2, 0) is 0 Å². The van der Waals surface area contributed by atoms with Crippen LogP contribution in [0.2, 0.25) is 0 Å². The van der Waals surface area contributed by atoms with Crippen LogP contribution in [0, 0.1) is 11.7 Å². The second-order valence-corrected chi connectivity index (χ2v) is 4.99. The first-order valence-electron chi connectivity index (χ1n) is 5.54. The lowest BCUT2D eigenvalue weighted by atomic mass is 9.99. The number of piperidine rings is 1. The smallest absolute Gasteiger partial charge is 0.166 e. The molecule has 1 aliphatic heterocycles. The number of benzene rings is 1. The van der Waals surface area contributed by atoms with E-state index in [4.69, 9.17) is 4.74 Å². The molecular weight excluding hydrogens is 308 g/mol. The van der Waals surface area contributed by atoms with Crippen molar-refractivity contribution in [2.24, 2.45) is 5.92 Å². The van der Waals surface area contributed by atoms with Gasteiger partial charge in [-0.25, -0.2) is 4.39 Å². The molecule has 0 atom stereocenters. The van der Waals surface area contributed by atoms with E-state index in [-0.39, 0.29) is 18.2 Å². The van der Waals surface area contributed by atoms with Crippen LogP contribution in [0.15, 0.2) is 22.7 Å². The van der Waals surface area contributed by atoms with E-state index in [0.717, 1.165) is 30.4 Å². The molecule has 5 heteroatoms. The van der Waals surface area contributed by atoms with Gasteiger partial charge in [0.15, 0.2) is 11.6 Å². The minimum Gasteiger partial charge on any atom is -0.490 e. The summed E-state index contributed by atoms with van der Waals surface area (Å²) in [6.07, 6.45) is 2.22. The molecule has 0 amide bonds. The zero-order valence-corrected chi connectivity index (χ0v) is 11.8. The topological polar surface area (TPSA) is 21.3 Å². The highest BCUT2D eigenvalue weighted by Gasteiger charge is 2.14. The highest BCUT2D eigenvalue weighted by atomic mass is 79.9. The summed E-state index contributed by atoms with van der Waals surface area (Å²) in [6, 6.07) is 4.89. The van der Waals surface area contributed by atoms with E-state index in [1.54, 1.807) is 12.1 Å². The Morgan fingerprint density at radius 1 is 1.35 bits per heavy atom. The molecule has 1 aromatic carbocycles. The average molecular weight is 325 g/mol. The van der Waals surface area contributed by atoms with Crippen LogP contribution < -0.4 is 10.1 Å². The van der Waals surface area contributed by atoms with E-state index in [9.17, 15) is 4.39 Å². The molecule has 1 fully saturated rings. The molecule has 1 aliphatic rings. The molecule has 0 aromatic heterocycles. The Kier molecular flexibility index (Phi) is 6.23. The van der Waals surface area contributed by atoms with Crippen LogP contribution >= 0.6 is 28.3 Å². The van der Waals surface area contributed by atoms with Crippen molar-refractivity contribution >= 4 is 28.3 Å². The Hall–Kier alpha value is -0.320. The Morgan fingerprint density at radius 3 is 2.71 bits per heavy atom. The molecule has 0 spiro atoms. The maximum Gasteiger partial charge on any atom is 0.166 e. The van der Waals surface area contributed by atoms with Crippen LogP contribution in [-0.4, -0.2) is 19.7 Å². The van der Waals surface area contributed by atoms with E-state index >= 15 is 0 Å². The third-order valence-corrected chi connectivity index (χ3v) is 3.32. The van der Waals surface area contributed by atoms with E-state index < -0.39 is 0 Å². The summed E-state index contributed by atoms with van der Waals surface area (Å²) in [5.74, 6) is 0.592. The Balaban J connectivity index is 0.00000144. The third kappa shape index (κ3) is 4.45. The molecule has 17 heavy (non-hydrogen) atoms. The molecule has 1 saturated heterocycles. The van der Waals surface area contributed by atoms with Gasteiger partial charge in [-0.3, -0.25) is 0 Å². The molecule has 0 radical (unpaired) electrons. The van der Waals surface area contributed by atoms with E-state index in [0.29, 0.717) is 18.3 Å². The fraction of sp³-hybridized carbons (Fsp3) is 0.500. The van der Waals surface area contributed by atoms with Crippen molar-refractivity contribution in [3.8, 4) is 5.75 Å². The zero-order chi connectivity index (χ0) is 11.4. The van der Waals surface area contributed by atoms with Gasteiger partial charge in [0.25, 0.3) is 0 Å². The van der Waals surface area contributed by atoms with Gasteiger partial charge >= 0.3 is 0 Å². The predicted molar refractivity (Wildman–Crippen MR) is 72.4 cm³/mol. The van der Waals surface area contributed by atoms with Crippen LogP contribution in [0.5, 0.6) is 5.75 Å². The summed E-state index contributed by atoms with van der Waals surface area (Å²) in [5.41, 5.74) is 0. The minimum atomic E-state index is -0.302. The Labute approximate surface area is 115 Å². The van der Waals surface area contributed by atoms with Crippen molar-refractivity contribution in [1.29, 1.82) is 0 Å². The quantitative estimate of drug-likeness (QED) is 0.920. The number of ether oxygens (including phenoxy) is 1. The van der Waals surface area contributed by atoms with Crippen molar-refractivity contribution in [2.45, 2.75) is 12.8 Å². The summed E-state index contributed by atoms with van der Waals surface area (Å²) < 4.78 is 19.7. The molecule has 96 valence electrons. The predicted octanol–water partition coefficient (Wildman–Crippen LogP) is 3.39. The SMILES string of the molecule is Cl.Fc1cc(Br)ccc1OCC1CCNCC1. The molecule has 1 heterocycles. The van der Waals surface area contributed by atoms with Crippen LogP contribution in [0.1, 0.15) is 12.8 Å². The average Bonchev–Trinajstić information content (AvgIpc) is 2.29. The van der Waals surface area contributed by atoms with Gasteiger partial charge in [0.1, 0.15) is 0 Å². The van der Waals surface area contributed by atoms with Crippen molar-refractivity contribution in [3.63, 3.8) is 0 Å². The lowest BCUT2D eigenvalue weighted by Crippen LogP contribution is -2.30. The maximum absolute atomic E-state index is 13.4. The van der Waals surface area contributed by atoms with Gasteiger partial charge < -0.3 is 10.1 Å². The first kappa shape index (κ1) is 14.7. The maximum atomic E-state index is 13.4. The largest absolute Gasteiger partial charge is 0.490 e. The molecule has 1 N–H and O–H groups in total. The first-order valence-corrected chi connectivity index (χ1v) is 6.33. The molecule has 2 rings (SSSR count). The summed E-state index contributed by atoms with van der Waals surface area (Å²) in [4.78, 5) is 0. The third-order valence-electron chi connectivity index (χ3n) is 2.83. The number of halogens is 3. The summed E-state index contributed by atoms with van der Waals surface area (Å²) in [6.45, 7) is 2.69. The van der Waals surface area contributed by atoms with E-state index in [2.05, 4.69) is 21.2 Å². The van der Waals surface area contributed by atoms with Gasteiger partial charge in [-0.05, 0) is 50.0 Å². The number of hydrogen-bond acceptors (Lipinski definition) is 2. The molecular formula is C12H16BrClFNO. The lowest BCUT2D eigenvalue weighted by Gasteiger charge is -2.22. The van der Waals surface area contributed by atoms with Crippen LogP contribution in [0.3, 0.4) is 0 Å². The number of nitrogens with one attached hydrogen (secondary N) is 1. The number of hydrogen-bond donors (Lipinski definition) is 1. The van der Waals surface area contributed by atoms with Crippen LogP contribution in [0.4, 0.5) is 4.39 Å². The first-order chi connectivity index (χ1) is 7.75. The van der Waals surface area contributed by atoms with Gasteiger partial charge in [0.2, 0.25) is 0 Å². The van der Waals surface area contributed by atoms with Crippen molar-refractivity contribution in [3.05, 3.63) is 28.5 Å². The Morgan fingerprint density at radius 2 is 2.06 bits per heavy atom. The highest BCUT2D eigenvalue weighted by molar-refractivity contribution is 9.10. The van der Waals surface area contributed by atoms with Gasteiger partial charge in [-0.15, -0.1) is 12.4 Å². The normalized spacial score (nSPS) is 16.4. The summed E-state index contributed by atoms with van der Waals surface area (Å²) in [7, 11) is 0. The molecule has 1 aromatic rings. The fourth-order valence-corrected chi connectivity index (χ4v) is 2.18. The zero-order valence-electron chi connectivity index (χ0n) is 9.42. The van der Waals surface area contributed by atoms with E-state index in [1.807, 2.05) is 0 Å². The monoisotopic (exact) mass is 323 g/mol. The Bertz CT molecular complexity index is 358. The lowest BCUT2D eigenvalue weighted by molar-refractivity contribution is 0.208. The number of rotatable bonds is 3. The van der Waals surface area contributed by atoms with Crippen molar-refractivity contribution in [1.82, 2.24) is 5.32 Å². The summed E-state index contributed by atoms with van der Waals surface area (Å²) >= 11 is 3.22. The fourth-order valence-electron chi connectivity index (χ4n) is 1.85. The summed E-state index contributed by atoms with van der Waals surface area (Å²) in [5, 5.41) is 3.30. The van der Waals surface area contributed by atoms with Gasteiger partial charge in [-0.2, -0.15) is 0 Å². The molecule has 0 unspecified atom stereocenters. The standard InChI is InChI=1S/C12H15BrFNO.ClH/c13-10-1-2-12(11(14)7-10)16-8-9-3-5-15-6-4-9;/h1-2,7,9,15H,3-6,8H2;1H. The van der Waals surface area contributed by atoms with Crippen molar-refractivity contribution < 1.29 is 9.13 Å². The molecule has 2 nitrogen and oxygen atoms in total. The molecule has 0 bridgehead atoms. The van der Waals surface area contributed by atoms with Gasteiger partial charge in [-0.1, -0.05) is 15.9 Å². The van der Waals surface area contributed by atoms with Crippen LogP contribution in [0.25, 0.3) is 0 Å². The molecule has 0 aliphatic carbocycles. The molecule has 0 saturated carbocycles. The highest BCUT2D eigenvalue weighted by Crippen LogP contribution is 2.23. The second kappa shape index (κ2) is 7.19. The minimum absolute atomic E-state index is 0. The van der Waals surface area contributed by atoms with Crippen molar-refractivity contribution in [2.75, 3.05) is 19.7 Å². The van der Waals surface area contributed by atoms with Gasteiger partial charge in [0, 0.05) is 4.47 Å². The van der Waals surface area contributed by atoms with Gasteiger partial charge in [0.05, 0.1) is 6.61 Å².